The molecule has 2 fully saturated rings. The molecule has 3 atom stereocenters. The molecule has 0 radical (unpaired) electrons. The Balaban J connectivity index is 2.13. The van der Waals surface area contributed by atoms with Crippen molar-refractivity contribution in [1.82, 2.24) is 4.31 Å². The second-order valence-electron chi connectivity index (χ2n) is 5.62. The number of fused-ring (bicyclic) bond motifs is 1. The molecule has 3 unspecified atom stereocenters. The normalized spacial score (nSPS) is 34.6. The van der Waals surface area contributed by atoms with E-state index in [2.05, 4.69) is 0 Å². The molecule has 2 aliphatic carbocycles. The van der Waals surface area contributed by atoms with Gasteiger partial charge in [-0.3, -0.25) is 0 Å². The Morgan fingerprint density at radius 1 is 1.06 bits per heavy atom. The van der Waals surface area contributed by atoms with Gasteiger partial charge in [0, 0.05) is 13.1 Å². The van der Waals surface area contributed by atoms with E-state index in [9.17, 15) is 8.42 Å². The summed E-state index contributed by atoms with van der Waals surface area (Å²) >= 11 is 0. The summed E-state index contributed by atoms with van der Waals surface area (Å²) in [6, 6.07) is 0.277. The fourth-order valence-electron chi connectivity index (χ4n) is 3.77. The number of rotatable bonds is 3. The van der Waals surface area contributed by atoms with Crippen LogP contribution in [0.25, 0.3) is 0 Å². The molecule has 0 saturated heterocycles. The van der Waals surface area contributed by atoms with Crippen LogP contribution in [0.5, 0.6) is 0 Å². The Labute approximate surface area is 106 Å². The highest BCUT2D eigenvalue weighted by Crippen LogP contribution is 2.42. The maximum Gasteiger partial charge on any atom is 0.213 e. The lowest BCUT2D eigenvalue weighted by molar-refractivity contribution is 0.0939. The molecule has 2 rings (SSSR count). The summed E-state index contributed by atoms with van der Waals surface area (Å²) in [5.41, 5.74) is 0. The minimum Gasteiger partial charge on any atom is -0.212 e. The molecule has 2 aliphatic rings. The number of nitrogens with zero attached hydrogens (tertiary/aromatic N) is 1. The standard InChI is InChI=1S/C13H25NO2S/c1-3-17(15,16)14(2)13-10-6-8-11-7-4-5-9-12(11)13/h11-13H,3-10H2,1-2H3. The molecule has 2 saturated carbocycles. The Hall–Kier alpha value is -0.0900. The van der Waals surface area contributed by atoms with Gasteiger partial charge in [-0.25, -0.2) is 12.7 Å². The van der Waals surface area contributed by atoms with E-state index in [1.165, 1.54) is 38.5 Å². The van der Waals surface area contributed by atoms with Gasteiger partial charge in [0.15, 0.2) is 0 Å². The summed E-state index contributed by atoms with van der Waals surface area (Å²) in [6.07, 6.45) is 8.78. The summed E-state index contributed by atoms with van der Waals surface area (Å²) in [4.78, 5) is 0. The highest BCUT2D eigenvalue weighted by Gasteiger charge is 2.39. The van der Waals surface area contributed by atoms with Gasteiger partial charge in [-0.15, -0.1) is 0 Å². The summed E-state index contributed by atoms with van der Waals surface area (Å²) < 4.78 is 25.7. The van der Waals surface area contributed by atoms with Gasteiger partial charge in [-0.2, -0.15) is 0 Å². The van der Waals surface area contributed by atoms with Crippen molar-refractivity contribution >= 4 is 10.0 Å². The van der Waals surface area contributed by atoms with Gasteiger partial charge in [-0.1, -0.05) is 32.1 Å². The van der Waals surface area contributed by atoms with Gasteiger partial charge in [0.05, 0.1) is 5.75 Å². The van der Waals surface area contributed by atoms with Crippen LogP contribution in [0.3, 0.4) is 0 Å². The van der Waals surface area contributed by atoms with Crippen LogP contribution < -0.4 is 0 Å². The molecule has 0 aromatic heterocycles. The second-order valence-corrected chi connectivity index (χ2v) is 7.94. The fraction of sp³-hybridized carbons (Fsp3) is 1.00. The van der Waals surface area contributed by atoms with E-state index in [1.807, 2.05) is 0 Å². The molecule has 0 aromatic carbocycles. The van der Waals surface area contributed by atoms with E-state index in [4.69, 9.17) is 0 Å². The monoisotopic (exact) mass is 259 g/mol. The quantitative estimate of drug-likeness (QED) is 0.781. The van der Waals surface area contributed by atoms with Crippen LogP contribution in [0.15, 0.2) is 0 Å². The lowest BCUT2D eigenvalue weighted by Gasteiger charge is -2.44. The maximum absolute atomic E-state index is 12.0. The summed E-state index contributed by atoms with van der Waals surface area (Å²) in [6.45, 7) is 1.74. The van der Waals surface area contributed by atoms with Crippen LogP contribution >= 0.6 is 0 Å². The molecule has 4 heteroatoms. The van der Waals surface area contributed by atoms with Crippen LogP contribution in [0.4, 0.5) is 0 Å². The van der Waals surface area contributed by atoms with Crippen molar-refractivity contribution in [3.8, 4) is 0 Å². The van der Waals surface area contributed by atoms with Gasteiger partial charge < -0.3 is 0 Å². The topological polar surface area (TPSA) is 37.4 Å². The van der Waals surface area contributed by atoms with E-state index in [0.717, 1.165) is 12.3 Å². The SMILES string of the molecule is CCS(=O)(=O)N(C)C1CCCC2CCCCC21. The average Bonchev–Trinajstić information content (AvgIpc) is 2.37. The maximum atomic E-state index is 12.0. The van der Waals surface area contributed by atoms with Crippen molar-refractivity contribution in [2.75, 3.05) is 12.8 Å². The summed E-state index contributed by atoms with van der Waals surface area (Å²) in [7, 11) is -1.22. The molecule has 0 spiro atoms. The predicted octanol–water partition coefficient (Wildman–Crippen LogP) is 2.63. The highest BCUT2D eigenvalue weighted by atomic mass is 32.2. The molecule has 0 aliphatic heterocycles. The van der Waals surface area contributed by atoms with Crippen LogP contribution in [-0.4, -0.2) is 31.6 Å². The Morgan fingerprint density at radius 3 is 2.41 bits per heavy atom. The van der Waals surface area contributed by atoms with E-state index in [0.29, 0.717) is 5.92 Å². The number of hydrogen-bond donors (Lipinski definition) is 0. The second kappa shape index (κ2) is 5.27. The minimum atomic E-state index is -3.02. The van der Waals surface area contributed by atoms with Crippen LogP contribution in [0.2, 0.25) is 0 Å². The molecular weight excluding hydrogens is 234 g/mol. The zero-order chi connectivity index (χ0) is 12.5. The molecule has 0 amide bonds. The molecular formula is C13H25NO2S. The first kappa shape index (κ1) is 13.3. The van der Waals surface area contributed by atoms with Crippen molar-refractivity contribution in [2.24, 2.45) is 11.8 Å². The third-order valence-corrected chi connectivity index (χ3v) is 6.69. The molecule has 0 N–H and O–H groups in total. The van der Waals surface area contributed by atoms with Crippen molar-refractivity contribution in [3.63, 3.8) is 0 Å². The molecule has 17 heavy (non-hydrogen) atoms. The van der Waals surface area contributed by atoms with E-state index in [1.54, 1.807) is 18.3 Å². The Morgan fingerprint density at radius 2 is 1.71 bits per heavy atom. The van der Waals surface area contributed by atoms with E-state index >= 15 is 0 Å². The largest absolute Gasteiger partial charge is 0.213 e. The third-order valence-electron chi connectivity index (χ3n) is 4.81. The Kier molecular flexibility index (Phi) is 4.14. The van der Waals surface area contributed by atoms with Crippen molar-refractivity contribution < 1.29 is 8.42 Å². The van der Waals surface area contributed by atoms with Crippen LogP contribution in [-0.2, 0) is 10.0 Å². The fourth-order valence-corrected chi connectivity index (χ4v) is 4.85. The first-order chi connectivity index (χ1) is 8.06. The van der Waals surface area contributed by atoms with Crippen molar-refractivity contribution in [1.29, 1.82) is 0 Å². The number of sulfonamides is 1. The summed E-state index contributed by atoms with van der Waals surface area (Å²) in [5, 5.41) is 0. The van der Waals surface area contributed by atoms with Crippen molar-refractivity contribution in [3.05, 3.63) is 0 Å². The van der Waals surface area contributed by atoms with Gasteiger partial charge in [0.25, 0.3) is 0 Å². The summed E-state index contributed by atoms with van der Waals surface area (Å²) in [5.74, 6) is 1.65. The van der Waals surface area contributed by atoms with Crippen LogP contribution in [0.1, 0.15) is 51.9 Å². The lowest BCUT2D eigenvalue weighted by Crippen LogP contribution is -2.47. The molecule has 0 bridgehead atoms. The predicted molar refractivity (Wildman–Crippen MR) is 70.3 cm³/mol. The zero-order valence-electron chi connectivity index (χ0n) is 11.1. The van der Waals surface area contributed by atoms with Gasteiger partial charge in [0.1, 0.15) is 0 Å². The van der Waals surface area contributed by atoms with Gasteiger partial charge >= 0.3 is 0 Å². The van der Waals surface area contributed by atoms with Crippen molar-refractivity contribution in [2.45, 2.75) is 57.9 Å². The average molecular weight is 259 g/mol. The molecule has 0 aromatic rings. The lowest BCUT2D eigenvalue weighted by atomic mass is 9.68. The first-order valence-corrected chi connectivity index (χ1v) is 8.63. The Bertz CT molecular complexity index is 350. The van der Waals surface area contributed by atoms with E-state index < -0.39 is 10.0 Å². The molecule has 0 heterocycles. The molecule has 100 valence electrons. The van der Waals surface area contributed by atoms with Gasteiger partial charge in [0.2, 0.25) is 10.0 Å². The smallest absolute Gasteiger partial charge is 0.212 e. The minimum absolute atomic E-state index is 0.234. The van der Waals surface area contributed by atoms with Gasteiger partial charge in [-0.05, 0) is 31.6 Å². The zero-order valence-corrected chi connectivity index (χ0v) is 11.9. The highest BCUT2D eigenvalue weighted by molar-refractivity contribution is 7.89. The molecule has 3 nitrogen and oxygen atoms in total. The third kappa shape index (κ3) is 2.68. The van der Waals surface area contributed by atoms with Crippen LogP contribution in [0, 0.1) is 11.8 Å². The number of hydrogen-bond acceptors (Lipinski definition) is 2. The van der Waals surface area contributed by atoms with E-state index in [-0.39, 0.29) is 11.8 Å². The first-order valence-electron chi connectivity index (χ1n) is 7.02.